The quantitative estimate of drug-likeness (QED) is 0.0505. The number of hydrogen-bond acceptors (Lipinski definition) is 8. The Bertz CT molecular complexity index is 2300. The van der Waals surface area contributed by atoms with Crippen LogP contribution in [0.4, 0.5) is 39.5 Å². The second kappa shape index (κ2) is 26.6. The summed E-state index contributed by atoms with van der Waals surface area (Å²) in [4.78, 5) is 57.2. The molecule has 0 spiro atoms. The number of methoxy groups -OCH3 is 4. The molecule has 4 aromatic rings. The molecule has 19 heteroatoms. The Labute approximate surface area is 418 Å². The number of rotatable bonds is 24. The predicted molar refractivity (Wildman–Crippen MR) is 259 cm³/mol. The fourth-order valence-corrected chi connectivity index (χ4v) is 36.2. The Hall–Kier alpha value is -4.27. The van der Waals surface area contributed by atoms with Crippen LogP contribution >= 0.6 is 0 Å². The summed E-state index contributed by atoms with van der Waals surface area (Å²) in [6.45, 7) is 8.65. The summed E-state index contributed by atoms with van der Waals surface area (Å²) >= 11 is -10.1. The number of carbonyl (C=O) groups is 4. The van der Waals surface area contributed by atoms with Gasteiger partial charge in [-0.05, 0) is 0 Å². The number of ether oxygens (including phenoxy) is 4. The molecule has 0 aliphatic heterocycles. The van der Waals surface area contributed by atoms with E-state index in [0.29, 0.717) is 80.1 Å². The molecule has 0 saturated carbocycles. The first-order valence-corrected chi connectivity index (χ1v) is 37.2. The Balaban J connectivity index is 0.000000379. The van der Waals surface area contributed by atoms with Crippen molar-refractivity contribution in [2.24, 2.45) is 0 Å². The molecule has 71 heavy (non-hydrogen) atoms. The zero-order valence-electron chi connectivity index (χ0n) is 41.6. The monoisotopic (exact) mass is 1230 g/mol. The summed E-state index contributed by atoms with van der Waals surface area (Å²) in [5.41, 5.74) is -6.93. The van der Waals surface area contributed by atoms with E-state index in [9.17, 15) is 58.7 Å². The maximum atomic E-state index is 14.5. The molecule has 390 valence electrons. The van der Waals surface area contributed by atoms with E-state index in [1.807, 2.05) is 0 Å². The van der Waals surface area contributed by atoms with Crippen LogP contribution in [0.1, 0.15) is 143 Å². The van der Waals surface area contributed by atoms with Crippen LogP contribution in [0.15, 0.2) is 72.8 Å². The summed E-state index contributed by atoms with van der Waals surface area (Å²) in [7, 11) is 6.13. The number of aryl methyl sites for hydroxylation is 1. The van der Waals surface area contributed by atoms with Gasteiger partial charge in [-0.15, -0.1) is 0 Å². The van der Waals surface area contributed by atoms with Crippen LogP contribution in [0.3, 0.4) is 0 Å². The Morgan fingerprint density at radius 1 is 0.394 bits per heavy atom. The number of benzene rings is 4. The molecule has 0 aliphatic rings. The third-order valence-electron chi connectivity index (χ3n) is 12.6. The van der Waals surface area contributed by atoms with Gasteiger partial charge in [-0.1, -0.05) is 0 Å². The van der Waals surface area contributed by atoms with Crippen molar-refractivity contribution in [3.8, 4) is 23.0 Å². The number of carbonyl (C=O) groups excluding carboxylic acids is 4. The third-order valence-corrected chi connectivity index (χ3v) is 39.1. The van der Waals surface area contributed by atoms with E-state index in [2.05, 4.69) is 13.8 Å². The van der Waals surface area contributed by atoms with Gasteiger partial charge in [0.05, 0.1) is 0 Å². The summed E-state index contributed by atoms with van der Waals surface area (Å²) < 4.78 is 145. The van der Waals surface area contributed by atoms with Gasteiger partial charge >= 0.3 is 421 Å². The van der Waals surface area contributed by atoms with Crippen molar-refractivity contribution in [2.45, 2.75) is 122 Å². The van der Waals surface area contributed by atoms with Crippen LogP contribution in [-0.4, -0.2) is 80.4 Å². The molecule has 0 heterocycles. The van der Waals surface area contributed by atoms with E-state index >= 15 is 0 Å². The fourth-order valence-electron chi connectivity index (χ4n) is 8.86. The van der Waals surface area contributed by atoms with E-state index in [4.69, 9.17) is 18.9 Å². The number of halogens is 9. The van der Waals surface area contributed by atoms with E-state index in [1.54, 1.807) is 50.2 Å². The molecule has 0 saturated heterocycles. The topological polar surface area (TPSA) is 105 Å². The minimum atomic E-state index is -5.73. The molecular weight excluding hydrogens is 1160 g/mol. The normalized spacial score (nSPS) is 12.1. The first-order valence-electron chi connectivity index (χ1n) is 23.4. The molecule has 0 fully saturated rings. The van der Waals surface area contributed by atoms with Gasteiger partial charge in [0.15, 0.2) is 0 Å². The van der Waals surface area contributed by atoms with Gasteiger partial charge < -0.3 is 0 Å². The van der Waals surface area contributed by atoms with Crippen molar-refractivity contribution >= 4 is 52.0 Å². The molecule has 8 nitrogen and oxygen atoms in total. The van der Waals surface area contributed by atoms with Crippen LogP contribution in [-0.2, 0) is 18.5 Å². The van der Waals surface area contributed by atoms with Crippen molar-refractivity contribution < 1.29 is 77.6 Å². The molecule has 0 radical (unpaired) electrons. The van der Waals surface area contributed by atoms with Crippen molar-refractivity contribution in [2.75, 3.05) is 28.4 Å². The zero-order valence-corrected chi connectivity index (χ0v) is 47.3. The van der Waals surface area contributed by atoms with E-state index in [0.717, 1.165) is 31.7 Å². The van der Waals surface area contributed by atoms with Crippen molar-refractivity contribution in [1.29, 1.82) is 0 Å². The molecule has 4 aromatic carbocycles. The average molecular weight is 1220 g/mol. The maximum absolute atomic E-state index is 14.5. The van der Waals surface area contributed by atoms with E-state index in [-0.39, 0.29) is 34.9 Å². The molecule has 0 aromatic heterocycles. The van der Waals surface area contributed by atoms with E-state index in [1.165, 1.54) is 41.4 Å². The van der Waals surface area contributed by atoms with Gasteiger partial charge in [-0.3, -0.25) is 0 Å². The summed E-state index contributed by atoms with van der Waals surface area (Å²) in [5.74, 6) is 1.75. The fraction of sp³-hybridized carbons (Fsp3) is 0.462. The summed E-state index contributed by atoms with van der Waals surface area (Å²) in [6.07, 6.45) is -11.5. The molecule has 0 N–H and O–H groups in total. The van der Waals surface area contributed by atoms with Crippen molar-refractivity contribution in [1.82, 2.24) is 0 Å². The Morgan fingerprint density at radius 2 is 0.634 bits per heavy atom. The predicted octanol–water partition coefficient (Wildman–Crippen LogP) is 15.2. The first-order chi connectivity index (χ1) is 33.4. The standard InChI is InChI=1S/C9H3F6O.C9H6F3O.2C9H9O3.4C4H9.2Sn/c10-8(11,12)6-2-1-3-7(5(6)4-16)9(13,14)15;1-6-3-2-4-8(7(6)5-13)9(10,11)12;2*1-11-8-4-3-5-9(12-2)7(8)6-10;4*1-3-4-2;;/h1-3H;2-4H,1H3;2*3-5H,1-2H3;4*1,3-4H2,2H3;;. The molecule has 0 bridgehead atoms. The number of alkyl halides is 9. The second-order valence-electron chi connectivity index (χ2n) is 17.2. The molecular formula is C52H63F9O8Sn2. The van der Waals surface area contributed by atoms with Crippen LogP contribution in [0, 0.1) is 6.92 Å². The third kappa shape index (κ3) is 14.1. The average Bonchev–Trinajstić information content (AvgIpc) is 3.34. The van der Waals surface area contributed by atoms with Crippen molar-refractivity contribution in [3.05, 3.63) is 117 Å². The van der Waals surface area contributed by atoms with Gasteiger partial charge in [0, 0.05) is 0 Å². The Morgan fingerprint density at radius 3 is 0.901 bits per heavy atom. The van der Waals surface area contributed by atoms with E-state index < -0.39 is 90.7 Å². The van der Waals surface area contributed by atoms with Crippen molar-refractivity contribution in [3.63, 3.8) is 0 Å². The zero-order chi connectivity index (χ0) is 53.5. The van der Waals surface area contributed by atoms with Gasteiger partial charge in [0.1, 0.15) is 0 Å². The summed E-state index contributed by atoms with van der Waals surface area (Å²) in [6, 6.07) is 14.6. The van der Waals surface area contributed by atoms with Crippen LogP contribution in [0.5, 0.6) is 23.0 Å². The molecule has 0 amide bonds. The van der Waals surface area contributed by atoms with Gasteiger partial charge in [0.2, 0.25) is 0 Å². The SMILES string of the molecule is CCC[CH2][Sn]([CH2]CCC)([C](=O)c1c(C)cccc1C(F)(F)F)[C](=O)c1c(C(F)(F)F)cccc1C(F)(F)F.CCC[CH2][Sn]([CH2]CCC)([C](=O)c1c(OC)cccc1OC)[C](=O)c1c(OC)cccc1OC. The molecule has 0 atom stereocenters. The van der Waals surface area contributed by atoms with Crippen LogP contribution in [0.25, 0.3) is 0 Å². The van der Waals surface area contributed by atoms with Gasteiger partial charge in [-0.2, -0.15) is 0 Å². The minimum absolute atomic E-state index is 0.0848. The summed E-state index contributed by atoms with van der Waals surface area (Å²) in [5, 5.41) is 0. The second-order valence-corrected chi connectivity index (χ2v) is 40.4. The Kier molecular flexibility index (Phi) is 22.9. The van der Waals surface area contributed by atoms with Gasteiger partial charge in [0.25, 0.3) is 0 Å². The van der Waals surface area contributed by atoms with Gasteiger partial charge in [-0.25, -0.2) is 0 Å². The molecule has 0 unspecified atom stereocenters. The first kappa shape index (κ1) is 61.0. The molecule has 0 aliphatic carbocycles. The van der Waals surface area contributed by atoms with Crippen LogP contribution in [0.2, 0.25) is 17.7 Å². The molecule has 4 rings (SSSR count). The number of hydrogen-bond donors (Lipinski definition) is 0. The number of unbranched alkanes of at least 4 members (excludes halogenated alkanes) is 4. The van der Waals surface area contributed by atoms with Crippen LogP contribution < -0.4 is 18.9 Å².